The second kappa shape index (κ2) is 7.06. The summed E-state index contributed by atoms with van der Waals surface area (Å²) in [6.07, 6.45) is 1.52. The largest absolute Gasteiger partial charge is 0.476 e. The summed E-state index contributed by atoms with van der Waals surface area (Å²) in [5.74, 6) is 1.48. The third kappa shape index (κ3) is 3.85. The van der Waals surface area contributed by atoms with Crippen LogP contribution in [0.1, 0.15) is 19.4 Å². The maximum atomic E-state index is 5.68. The van der Waals surface area contributed by atoms with Crippen molar-refractivity contribution in [2.24, 2.45) is 0 Å². The zero-order valence-electron chi connectivity index (χ0n) is 11.2. The molecule has 0 radical (unpaired) electrons. The Morgan fingerprint density at radius 3 is 2.59 bits per heavy atom. The van der Waals surface area contributed by atoms with Gasteiger partial charge in [-0.3, -0.25) is 0 Å². The van der Waals surface area contributed by atoms with Gasteiger partial charge in [-0.1, -0.05) is 13.8 Å². The van der Waals surface area contributed by atoms with Crippen molar-refractivity contribution in [3.8, 4) is 5.88 Å². The summed E-state index contributed by atoms with van der Waals surface area (Å²) in [5.41, 5.74) is 0.953. The highest BCUT2D eigenvalue weighted by molar-refractivity contribution is 5.46. The molecule has 0 fully saturated rings. The van der Waals surface area contributed by atoms with Crippen molar-refractivity contribution in [2.45, 2.75) is 20.8 Å². The van der Waals surface area contributed by atoms with Crippen molar-refractivity contribution in [1.29, 1.82) is 0 Å². The van der Waals surface area contributed by atoms with Crippen LogP contribution in [0.25, 0.3) is 0 Å². The van der Waals surface area contributed by atoms with Gasteiger partial charge in [-0.15, -0.1) is 0 Å². The number of hydrogen-bond donors (Lipinski definition) is 1. The average molecular weight is 238 g/mol. The molecule has 1 rings (SSSR count). The molecule has 17 heavy (non-hydrogen) atoms. The highest BCUT2D eigenvalue weighted by Gasteiger charge is 2.07. The first-order valence-corrected chi connectivity index (χ1v) is 6.07. The smallest absolute Gasteiger partial charge is 0.221 e. The zero-order valence-corrected chi connectivity index (χ0v) is 11.2. The summed E-state index contributed by atoms with van der Waals surface area (Å²) in [5, 5.41) is 3.02. The van der Waals surface area contributed by atoms with E-state index in [1.165, 1.54) is 6.33 Å². The van der Waals surface area contributed by atoms with Crippen LogP contribution in [0.4, 0.5) is 5.82 Å². The Kier molecular flexibility index (Phi) is 5.69. The summed E-state index contributed by atoms with van der Waals surface area (Å²) < 4.78 is 5.68. The van der Waals surface area contributed by atoms with Gasteiger partial charge in [0.25, 0.3) is 0 Å². The van der Waals surface area contributed by atoms with Crippen LogP contribution in [0.3, 0.4) is 0 Å². The number of anilines is 1. The van der Waals surface area contributed by atoms with E-state index in [1.54, 1.807) is 0 Å². The Bertz CT molecular complexity index is 339. The fourth-order valence-electron chi connectivity index (χ4n) is 1.64. The molecule has 0 bridgehead atoms. The van der Waals surface area contributed by atoms with Crippen LogP contribution >= 0.6 is 0 Å². The van der Waals surface area contributed by atoms with E-state index in [0.717, 1.165) is 31.0 Å². The number of nitrogens with zero attached hydrogens (tertiary/aromatic N) is 3. The summed E-state index contributed by atoms with van der Waals surface area (Å²) in [6.45, 7) is 9.93. The van der Waals surface area contributed by atoms with Crippen LogP contribution in [0.5, 0.6) is 5.88 Å². The standard InChI is InChI=1S/C12H22N4O/c1-5-16(6-2)7-8-17-12-10(3)11(13-4)14-9-15-12/h9H,5-8H2,1-4H3,(H,13,14,15). The van der Waals surface area contributed by atoms with Crippen LogP contribution in [0.15, 0.2) is 6.33 Å². The van der Waals surface area contributed by atoms with Crippen molar-refractivity contribution in [2.75, 3.05) is 38.6 Å². The second-order valence-electron chi connectivity index (χ2n) is 3.78. The van der Waals surface area contributed by atoms with Gasteiger partial charge in [-0.25, -0.2) is 9.97 Å². The molecule has 0 aliphatic carbocycles. The van der Waals surface area contributed by atoms with Crippen LogP contribution in [0.2, 0.25) is 0 Å². The summed E-state index contributed by atoms with van der Waals surface area (Å²) >= 11 is 0. The van der Waals surface area contributed by atoms with E-state index in [2.05, 4.69) is 34.0 Å². The normalized spacial score (nSPS) is 10.6. The fourth-order valence-corrected chi connectivity index (χ4v) is 1.64. The molecule has 0 aliphatic rings. The Morgan fingerprint density at radius 2 is 2.00 bits per heavy atom. The lowest BCUT2D eigenvalue weighted by Crippen LogP contribution is -2.28. The van der Waals surface area contributed by atoms with Gasteiger partial charge < -0.3 is 15.0 Å². The van der Waals surface area contributed by atoms with Crippen molar-refractivity contribution in [3.05, 3.63) is 11.9 Å². The number of likely N-dealkylation sites (N-methyl/N-ethyl adjacent to an activating group) is 1. The highest BCUT2D eigenvalue weighted by Crippen LogP contribution is 2.19. The van der Waals surface area contributed by atoms with Crippen LogP contribution in [-0.2, 0) is 0 Å². The maximum absolute atomic E-state index is 5.68. The Balaban J connectivity index is 2.52. The van der Waals surface area contributed by atoms with Gasteiger partial charge in [-0.2, -0.15) is 0 Å². The zero-order chi connectivity index (χ0) is 12.7. The van der Waals surface area contributed by atoms with Crippen LogP contribution in [0, 0.1) is 6.92 Å². The van der Waals surface area contributed by atoms with E-state index in [-0.39, 0.29) is 0 Å². The second-order valence-corrected chi connectivity index (χ2v) is 3.78. The lowest BCUT2D eigenvalue weighted by atomic mass is 10.3. The van der Waals surface area contributed by atoms with Crippen molar-refractivity contribution < 1.29 is 4.74 Å². The highest BCUT2D eigenvalue weighted by atomic mass is 16.5. The SMILES string of the molecule is CCN(CC)CCOc1ncnc(NC)c1C. The molecule has 0 aliphatic heterocycles. The van der Waals surface area contributed by atoms with Gasteiger partial charge in [0.15, 0.2) is 0 Å². The number of ether oxygens (including phenoxy) is 1. The van der Waals surface area contributed by atoms with Crippen molar-refractivity contribution >= 4 is 5.82 Å². The van der Waals surface area contributed by atoms with Crippen LogP contribution < -0.4 is 10.1 Å². The minimum absolute atomic E-state index is 0.655. The lowest BCUT2D eigenvalue weighted by molar-refractivity contribution is 0.217. The monoisotopic (exact) mass is 238 g/mol. The molecular weight excluding hydrogens is 216 g/mol. The molecule has 1 aromatic rings. The minimum atomic E-state index is 0.655. The third-order valence-corrected chi connectivity index (χ3v) is 2.82. The quantitative estimate of drug-likeness (QED) is 0.781. The molecule has 0 saturated heterocycles. The molecule has 1 N–H and O–H groups in total. The molecule has 0 saturated carbocycles. The lowest BCUT2D eigenvalue weighted by Gasteiger charge is -2.18. The van der Waals surface area contributed by atoms with Crippen molar-refractivity contribution in [1.82, 2.24) is 14.9 Å². The van der Waals surface area contributed by atoms with Gasteiger partial charge in [0, 0.05) is 13.6 Å². The van der Waals surface area contributed by atoms with Crippen LogP contribution in [-0.4, -0.2) is 48.2 Å². The van der Waals surface area contributed by atoms with E-state index in [0.29, 0.717) is 12.5 Å². The van der Waals surface area contributed by atoms with Gasteiger partial charge >= 0.3 is 0 Å². The van der Waals surface area contributed by atoms with Gasteiger partial charge in [0.05, 0.1) is 5.56 Å². The number of hydrogen-bond acceptors (Lipinski definition) is 5. The molecule has 5 nitrogen and oxygen atoms in total. The fraction of sp³-hybridized carbons (Fsp3) is 0.667. The molecule has 5 heteroatoms. The molecule has 1 heterocycles. The Hall–Kier alpha value is -1.36. The summed E-state index contributed by atoms with van der Waals surface area (Å²) in [6, 6.07) is 0. The van der Waals surface area contributed by atoms with Gasteiger partial charge in [0.1, 0.15) is 18.8 Å². The minimum Gasteiger partial charge on any atom is -0.476 e. The average Bonchev–Trinajstić information content (AvgIpc) is 2.36. The molecule has 1 aromatic heterocycles. The van der Waals surface area contributed by atoms with E-state index >= 15 is 0 Å². The first-order valence-electron chi connectivity index (χ1n) is 6.07. The predicted octanol–water partition coefficient (Wildman–Crippen LogP) is 1.55. The van der Waals surface area contributed by atoms with Gasteiger partial charge in [0.2, 0.25) is 5.88 Å². The first kappa shape index (κ1) is 13.7. The molecule has 0 unspecified atom stereocenters. The van der Waals surface area contributed by atoms with E-state index in [4.69, 9.17) is 4.74 Å². The van der Waals surface area contributed by atoms with E-state index in [1.807, 2.05) is 14.0 Å². The molecule has 0 atom stereocenters. The summed E-state index contributed by atoms with van der Waals surface area (Å²) in [7, 11) is 1.84. The Morgan fingerprint density at radius 1 is 1.29 bits per heavy atom. The topological polar surface area (TPSA) is 50.3 Å². The molecule has 0 spiro atoms. The molecule has 0 amide bonds. The summed E-state index contributed by atoms with van der Waals surface area (Å²) in [4.78, 5) is 10.6. The third-order valence-electron chi connectivity index (χ3n) is 2.82. The first-order chi connectivity index (χ1) is 8.22. The maximum Gasteiger partial charge on any atom is 0.221 e. The Labute approximate surface area is 103 Å². The molecule has 0 aromatic carbocycles. The number of nitrogens with one attached hydrogen (secondary N) is 1. The van der Waals surface area contributed by atoms with Gasteiger partial charge in [-0.05, 0) is 20.0 Å². The van der Waals surface area contributed by atoms with E-state index in [9.17, 15) is 0 Å². The van der Waals surface area contributed by atoms with E-state index < -0.39 is 0 Å². The number of aromatic nitrogens is 2. The predicted molar refractivity (Wildman–Crippen MR) is 69.6 cm³/mol. The number of rotatable bonds is 7. The van der Waals surface area contributed by atoms with Crippen molar-refractivity contribution in [3.63, 3.8) is 0 Å². The molecule has 96 valence electrons. The molecular formula is C12H22N4O.